The monoisotopic (exact) mass is 834 g/mol. The molecule has 59 heavy (non-hydrogen) atoms. The second-order valence-corrected chi connectivity index (χ2v) is 20.7. The van der Waals surface area contributed by atoms with Crippen LogP contribution in [-0.4, -0.2) is 140 Å². The Bertz CT molecular complexity index is 1780. The summed E-state index contributed by atoms with van der Waals surface area (Å²) >= 11 is 0. The Morgan fingerprint density at radius 1 is 0.915 bits per heavy atom. The number of carbonyl (C=O) groups is 4. The summed E-state index contributed by atoms with van der Waals surface area (Å²) in [5.41, 5.74) is -1.73. The van der Waals surface area contributed by atoms with E-state index in [1.807, 2.05) is 20.8 Å². The number of ether oxygens (including phenoxy) is 6. The first-order chi connectivity index (χ1) is 27.4. The van der Waals surface area contributed by atoms with Gasteiger partial charge < -0.3 is 59.1 Å². The van der Waals surface area contributed by atoms with E-state index in [9.17, 15) is 49.8 Å². The molecule has 16 heteroatoms. The number of Topliss-reactive ketones (excluding diaryl/α,β-unsaturated/α-hetero) is 2. The van der Waals surface area contributed by atoms with Crippen LogP contribution < -0.4 is 0 Å². The quantitative estimate of drug-likeness (QED) is 0.0749. The van der Waals surface area contributed by atoms with Crippen LogP contribution in [0.3, 0.4) is 0 Å². The van der Waals surface area contributed by atoms with Crippen LogP contribution in [0.25, 0.3) is 0 Å². The van der Waals surface area contributed by atoms with Crippen LogP contribution in [-0.2, 0) is 47.6 Å². The molecule has 2 spiro atoms. The van der Waals surface area contributed by atoms with Gasteiger partial charge in [0.05, 0.1) is 31.0 Å². The van der Waals surface area contributed by atoms with Crippen LogP contribution in [0, 0.1) is 44.8 Å². The number of carbonyl (C=O) groups excluding carboxylic acids is 3. The first kappa shape index (κ1) is 43.3. The van der Waals surface area contributed by atoms with Crippen molar-refractivity contribution in [3.05, 3.63) is 11.6 Å². The molecule has 3 heterocycles. The predicted molar refractivity (Wildman–Crippen MR) is 202 cm³/mol. The van der Waals surface area contributed by atoms with Gasteiger partial charge in [-0.3, -0.25) is 19.2 Å². The number of ketones is 2. The molecule has 0 unspecified atom stereocenters. The third kappa shape index (κ3) is 6.44. The van der Waals surface area contributed by atoms with Crippen LogP contribution in [0.2, 0.25) is 0 Å². The number of aliphatic hydroxyl groups excluding tert-OH is 5. The Kier molecular flexibility index (Phi) is 10.5. The summed E-state index contributed by atoms with van der Waals surface area (Å²) in [5, 5.41) is 63.6. The van der Waals surface area contributed by atoms with E-state index in [1.54, 1.807) is 0 Å². The molecule has 4 saturated carbocycles. The normalized spacial score (nSPS) is 49.6. The smallest absolute Gasteiger partial charge is 0.317 e. The van der Waals surface area contributed by atoms with E-state index in [-0.39, 0.29) is 54.4 Å². The number of epoxide rings is 1. The number of rotatable bonds is 11. The van der Waals surface area contributed by atoms with Gasteiger partial charge in [-0.15, -0.1) is 0 Å². The number of aliphatic carboxylic acids is 1. The lowest BCUT2D eigenvalue weighted by Gasteiger charge is -2.61. The lowest BCUT2D eigenvalue weighted by molar-refractivity contribution is -0.345. The van der Waals surface area contributed by atoms with Crippen molar-refractivity contribution in [2.45, 2.75) is 173 Å². The zero-order valence-electron chi connectivity index (χ0n) is 35.0. The van der Waals surface area contributed by atoms with Crippen molar-refractivity contribution in [2.24, 2.45) is 44.8 Å². The van der Waals surface area contributed by atoms with E-state index >= 15 is 0 Å². The zero-order valence-corrected chi connectivity index (χ0v) is 35.0. The van der Waals surface area contributed by atoms with Crippen molar-refractivity contribution in [1.29, 1.82) is 0 Å². The topological polar surface area (TPSA) is 248 Å². The van der Waals surface area contributed by atoms with E-state index in [1.165, 1.54) is 5.57 Å². The number of esters is 1. The van der Waals surface area contributed by atoms with Crippen LogP contribution >= 0.6 is 0 Å². The average molecular weight is 835 g/mol. The summed E-state index contributed by atoms with van der Waals surface area (Å²) in [6.45, 7) is 13.6. The summed E-state index contributed by atoms with van der Waals surface area (Å²) in [5.74, 6) is -3.00. The number of allylic oxidation sites excluding steroid dienone is 1. The molecule has 7 fully saturated rings. The van der Waals surface area contributed by atoms with Gasteiger partial charge in [0.15, 0.2) is 24.5 Å². The fraction of sp³-hybridized carbons (Fsp3) is 0.860. The average Bonchev–Trinajstić information content (AvgIpc) is 3.99. The SMILES string of the molecule is C[C@H](CC(=O)[C@@H]1OC1(C)C)[C@H]1C(=O)C[C@@]2(C)C3=CC[C@H]4C(C)(C)[C@@H](O[C@@H]5OC[C@@H](O)[C@H](O[C@@H]6OC[C@@H](O)[C@H](O)[C@H]6O)[C@H]5OC(=O)CC(=O)O)CC[C@@]45C[C@@]35[C@@H](O)C[C@]12C. The third-order valence-corrected chi connectivity index (χ3v) is 16.6. The largest absolute Gasteiger partial charge is 0.481 e. The summed E-state index contributed by atoms with van der Waals surface area (Å²) in [7, 11) is 0. The minimum absolute atomic E-state index is 0.0163. The van der Waals surface area contributed by atoms with Crippen molar-refractivity contribution in [3.63, 3.8) is 0 Å². The van der Waals surface area contributed by atoms with Gasteiger partial charge in [0.2, 0.25) is 0 Å². The molecule has 16 nitrogen and oxygen atoms in total. The molecule has 3 saturated heterocycles. The Balaban J connectivity index is 1.03. The Hall–Kier alpha value is -2.38. The Labute approximate surface area is 343 Å². The fourth-order valence-corrected chi connectivity index (χ4v) is 13.6. The minimum atomic E-state index is -1.72. The van der Waals surface area contributed by atoms with Crippen molar-refractivity contribution < 1.29 is 78.2 Å². The van der Waals surface area contributed by atoms with Gasteiger partial charge in [-0.05, 0) is 74.0 Å². The van der Waals surface area contributed by atoms with Gasteiger partial charge in [-0.2, -0.15) is 0 Å². The van der Waals surface area contributed by atoms with Crippen LogP contribution in [0.1, 0.15) is 99.8 Å². The molecule has 0 amide bonds. The van der Waals surface area contributed by atoms with Gasteiger partial charge in [0.25, 0.3) is 0 Å². The van der Waals surface area contributed by atoms with Crippen LogP contribution in [0.15, 0.2) is 11.6 Å². The highest BCUT2D eigenvalue weighted by molar-refractivity contribution is 5.91. The van der Waals surface area contributed by atoms with Crippen molar-refractivity contribution in [1.82, 2.24) is 0 Å². The lowest BCUT2D eigenvalue weighted by Crippen LogP contribution is -2.62. The highest BCUT2D eigenvalue weighted by atomic mass is 16.7. The molecule has 0 bridgehead atoms. The molecule has 3 aliphatic heterocycles. The molecule has 0 aromatic heterocycles. The molecule has 18 atom stereocenters. The van der Waals surface area contributed by atoms with E-state index in [0.717, 1.165) is 6.42 Å². The number of carboxylic acids is 1. The van der Waals surface area contributed by atoms with Crippen molar-refractivity contribution in [3.8, 4) is 0 Å². The van der Waals surface area contributed by atoms with Gasteiger partial charge in [0, 0.05) is 29.6 Å². The molecule has 0 radical (unpaired) electrons. The van der Waals surface area contributed by atoms with E-state index in [2.05, 4.69) is 33.8 Å². The van der Waals surface area contributed by atoms with Crippen LogP contribution in [0.5, 0.6) is 0 Å². The summed E-state index contributed by atoms with van der Waals surface area (Å²) in [6.07, 6.45) is -8.73. The molecule has 8 rings (SSSR count). The zero-order chi connectivity index (χ0) is 43.0. The first-order valence-corrected chi connectivity index (χ1v) is 21.3. The molecule has 8 aliphatic rings. The summed E-state index contributed by atoms with van der Waals surface area (Å²) in [6, 6.07) is 0. The Morgan fingerprint density at radius 2 is 1.58 bits per heavy atom. The van der Waals surface area contributed by atoms with Gasteiger partial charge in [-0.25, -0.2) is 0 Å². The number of hydrogen-bond donors (Lipinski definition) is 6. The first-order valence-electron chi connectivity index (χ1n) is 21.3. The van der Waals surface area contributed by atoms with E-state index in [4.69, 9.17) is 28.4 Å². The van der Waals surface area contributed by atoms with E-state index < -0.39 is 113 Å². The van der Waals surface area contributed by atoms with Crippen molar-refractivity contribution in [2.75, 3.05) is 13.2 Å². The summed E-state index contributed by atoms with van der Waals surface area (Å²) < 4.78 is 35.2. The molecule has 0 aromatic carbocycles. The highest BCUT2D eigenvalue weighted by Gasteiger charge is 2.84. The summed E-state index contributed by atoms with van der Waals surface area (Å²) in [4.78, 5) is 51.6. The Morgan fingerprint density at radius 3 is 2.24 bits per heavy atom. The predicted octanol–water partition coefficient (Wildman–Crippen LogP) is 1.58. The van der Waals surface area contributed by atoms with Crippen LogP contribution in [0.4, 0.5) is 0 Å². The van der Waals surface area contributed by atoms with Crippen molar-refractivity contribution >= 4 is 23.5 Å². The maximum atomic E-state index is 14.1. The maximum Gasteiger partial charge on any atom is 0.317 e. The van der Waals surface area contributed by atoms with Gasteiger partial charge >= 0.3 is 11.9 Å². The molecule has 0 aromatic rings. The number of fused-ring (bicyclic) bond motifs is 2. The molecule has 330 valence electrons. The number of aliphatic hydroxyl groups is 5. The third-order valence-electron chi connectivity index (χ3n) is 16.6. The minimum Gasteiger partial charge on any atom is -0.481 e. The second kappa shape index (κ2) is 14.3. The van der Waals surface area contributed by atoms with Gasteiger partial charge in [-0.1, -0.05) is 46.3 Å². The standard InChI is InChI=1S/C43H62O16/c1-19(12-20(44)35-39(4,5)59-35)30-21(45)14-40(6)25-9-8-24-38(2,3)27(10-11-42(24)18-43(25,42)26(48)15-41(30,40)7)56-37-34(57-29(51)13-28(49)50)33(23(47)17-55-37)58-36-32(53)31(52)22(46)16-54-36/h9,19,22-24,26-27,30-37,46-48,52-53H,8,10-18H2,1-7H3,(H,49,50)/t19-,22-,23-,24+,26+,27+,30+,31+,32-,33+,34-,35+,36+,37+,40+,41-,42-,43+/m1/s1. The van der Waals surface area contributed by atoms with E-state index in [0.29, 0.717) is 32.1 Å². The van der Waals surface area contributed by atoms with Gasteiger partial charge in [0.1, 0.15) is 48.8 Å². The second-order valence-electron chi connectivity index (χ2n) is 20.7. The lowest BCUT2D eigenvalue weighted by atomic mass is 9.44. The number of hydrogen-bond acceptors (Lipinski definition) is 15. The maximum absolute atomic E-state index is 14.1. The fourth-order valence-electron chi connectivity index (χ4n) is 13.6. The molecule has 6 N–H and O–H groups in total. The number of carboxylic acid groups (broad SMARTS) is 1. The molecular formula is C43H62O16. The molecular weight excluding hydrogens is 772 g/mol. The molecule has 5 aliphatic carbocycles. The highest BCUT2D eigenvalue weighted by Crippen LogP contribution is 2.87.